The first kappa shape index (κ1) is 17.0. The summed E-state index contributed by atoms with van der Waals surface area (Å²) in [5.41, 5.74) is 1.13. The van der Waals surface area contributed by atoms with Crippen LogP contribution in [0.3, 0.4) is 0 Å². The highest BCUT2D eigenvalue weighted by atomic mass is 32.1. The maximum atomic E-state index is 12.2. The number of hydrogen-bond acceptors (Lipinski definition) is 6. The SMILES string of the molecule is COc1ccccc1NC(=O)[C@@H](C)OC(=O)c1sc(C)nc1C. The fourth-order valence-electron chi connectivity index (χ4n) is 1.97. The summed E-state index contributed by atoms with van der Waals surface area (Å²) in [5, 5.41) is 3.46. The lowest BCUT2D eigenvalue weighted by Gasteiger charge is -2.14. The number of aryl methyl sites for hydroxylation is 2. The van der Waals surface area contributed by atoms with Crippen molar-refractivity contribution < 1.29 is 19.1 Å². The standard InChI is InChI=1S/C16H18N2O4S/c1-9-14(23-11(3)17-9)16(20)22-10(2)15(19)18-12-7-5-6-8-13(12)21-4/h5-8,10H,1-4H3,(H,18,19)/t10-/m1/s1. The number of anilines is 1. The monoisotopic (exact) mass is 334 g/mol. The van der Waals surface area contributed by atoms with Gasteiger partial charge in [0.1, 0.15) is 10.6 Å². The lowest BCUT2D eigenvalue weighted by Crippen LogP contribution is -2.30. The van der Waals surface area contributed by atoms with Gasteiger partial charge in [-0.15, -0.1) is 11.3 Å². The minimum absolute atomic E-state index is 0.416. The molecule has 0 spiro atoms. The second-order valence-corrected chi connectivity index (χ2v) is 6.09. The number of thiazole rings is 1. The van der Waals surface area contributed by atoms with E-state index in [4.69, 9.17) is 9.47 Å². The van der Waals surface area contributed by atoms with E-state index in [1.807, 2.05) is 6.92 Å². The Morgan fingerprint density at radius 2 is 1.96 bits per heavy atom. The fraction of sp³-hybridized carbons (Fsp3) is 0.312. The van der Waals surface area contributed by atoms with Crippen LogP contribution in [0.1, 0.15) is 27.3 Å². The molecule has 0 aliphatic carbocycles. The number of para-hydroxylation sites is 2. The van der Waals surface area contributed by atoms with Gasteiger partial charge in [0.2, 0.25) is 0 Å². The molecule has 23 heavy (non-hydrogen) atoms. The summed E-state index contributed by atoms with van der Waals surface area (Å²) in [7, 11) is 1.52. The smallest absolute Gasteiger partial charge is 0.351 e. The topological polar surface area (TPSA) is 77.5 Å². The zero-order chi connectivity index (χ0) is 17.0. The number of carbonyl (C=O) groups is 2. The third-order valence-corrected chi connectivity index (χ3v) is 4.16. The highest BCUT2D eigenvalue weighted by Gasteiger charge is 2.22. The molecule has 1 aromatic carbocycles. The number of amides is 1. The van der Waals surface area contributed by atoms with Crippen LogP contribution in [0.5, 0.6) is 5.75 Å². The van der Waals surface area contributed by atoms with Crippen LogP contribution < -0.4 is 10.1 Å². The molecule has 6 nitrogen and oxygen atoms in total. The molecule has 1 N–H and O–H groups in total. The molecule has 0 saturated carbocycles. The van der Waals surface area contributed by atoms with E-state index in [2.05, 4.69) is 10.3 Å². The molecule has 122 valence electrons. The summed E-state index contributed by atoms with van der Waals surface area (Å²) in [6.45, 7) is 5.07. The van der Waals surface area contributed by atoms with Crippen molar-refractivity contribution in [3.63, 3.8) is 0 Å². The molecule has 0 radical (unpaired) electrons. The third-order valence-electron chi connectivity index (χ3n) is 3.11. The molecule has 1 aromatic heterocycles. The number of hydrogen-bond donors (Lipinski definition) is 1. The van der Waals surface area contributed by atoms with E-state index in [1.54, 1.807) is 31.2 Å². The average Bonchev–Trinajstić information content (AvgIpc) is 2.86. The molecule has 0 bridgehead atoms. The number of carbonyl (C=O) groups excluding carboxylic acids is 2. The van der Waals surface area contributed by atoms with Gasteiger partial charge < -0.3 is 14.8 Å². The molecule has 2 rings (SSSR count). The Labute approximate surface area is 138 Å². The highest BCUT2D eigenvalue weighted by molar-refractivity contribution is 7.13. The van der Waals surface area contributed by atoms with Crippen molar-refractivity contribution in [2.45, 2.75) is 26.9 Å². The Morgan fingerprint density at radius 3 is 2.57 bits per heavy atom. The minimum atomic E-state index is -0.936. The predicted molar refractivity (Wildman–Crippen MR) is 88.1 cm³/mol. The Kier molecular flexibility index (Phi) is 5.33. The van der Waals surface area contributed by atoms with Gasteiger partial charge in [-0.3, -0.25) is 4.79 Å². The van der Waals surface area contributed by atoms with E-state index < -0.39 is 18.0 Å². The van der Waals surface area contributed by atoms with Crippen molar-refractivity contribution in [2.75, 3.05) is 12.4 Å². The second-order valence-electron chi connectivity index (χ2n) is 4.88. The number of ether oxygens (including phenoxy) is 2. The van der Waals surface area contributed by atoms with Gasteiger partial charge in [-0.05, 0) is 32.9 Å². The molecule has 0 aliphatic rings. The number of methoxy groups -OCH3 is 1. The second kappa shape index (κ2) is 7.23. The van der Waals surface area contributed by atoms with Crippen molar-refractivity contribution in [3.8, 4) is 5.75 Å². The summed E-state index contributed by atoms with van der Waals surface area (Å²) in [6, 6.07) is 7.02. The molecule has 0 aliphatic heterocycles. The maximum Gasteiger partial charge on any atom is 0.351 e. The van der Waals surface area contributed by atoms with E-state index in [0.29, 0.717) is 22.0 Å². The summed E-state index contributed by atoms with van der Waals surface area (Å²) < 4.78 is 10.4. The Balaban J connectivity index is 2.02. The molecule has 1 amide bonds. The van der Waals surface area contributed by atoms with Crippen LogP contribution >= 0.6 is 11.3 Å². The van der Waals surface area contributed by atoms with Gasteiger partial charge in [-0.1, -0.05) is 12.1 Å². The summed E-state index contributed by atoms with van der Waals surface area (Å²) in [5.74, 6) is -0.439. The number of aromatic nitrogens is 1. The van der Waals surface area contributed by atoms with E-state index in [9.17, 15) is 9.59 Å². The van der Waals surface area contributed by atoms with Gasteiger partial charge >= 0.3 is 5.97 Å². The van der Waals surface area contributed by atoms with E-state index in [1.165, 1.54) is 25.4 Å². The van der Waals surface area contributed by atoms with Crippen LogP contribution in [0.15, 0.2) is 24.3 Å². The number of benzene rings is 1. The van der Waals surface area contributed by atoms with E-state index in [0.717, 1.165) is 5.01 Å². The Morgan fingerprint density at radius 1 is 1.26 bits per heavy atom. The van der Waals surface area contributed by atoms with Gasteiger partial charge in [0.15, 0.2) is 6.10 Å². The minimum Gasteiger partial charge on any atom is -0.495 e. The predicted octanol–water partition coefficient (Wildman–Crippen LogP) is 2.95. The van der Waals surface area contributed by atoms with Gasteiger partial charge in [0.05, 0.1) is 23.5 Å². The van der Waals surface area contributed by atoms with Crippen LogP contribution in [-0.2, 0) is 9.53 Å². The molecule has 7 heteroatoms. The van der Waals surface area contributed by atoms with Gasteiger partial charge in [0, 0.05) is 0 Å². The number of rotatable bonds is 5. The fourth-order valence-corrected chi connectivity index (χ4v) is 2.77. The lowest BCUT2D eigenvalue weighted by atomic mass is 10.2. The summed E-state index contributed by atoms with van der Waals surface area (Å²) in [4.78, 5) is 28.9. The molecule has 1 atom stereocenters. The maximum absolute atomic E-state index is 12.2. The first-order valence-corrected chi connectivity index (χ1v) is 7.83. The highest BCUT2D eigenvalue weighted by Crippen LogP contribution is 2.23. The van der Waals surface area contributed by atoms with Crippen molar-refractivity contribution in [1.29, 1.82) is 0 Å². The van der Waals surface area contributed by atoms with E-state index >= 15 is 0 Å². The van der Waals surface area contributed by atoms with Crippen molar-refractivity contribution in [3.05, 3.63) is 39.8 Å². The Hall–Kier alpha value is -2.41. The van der Waals surface area contributed by atoms with Crippen LogP contribution in [0.4, 0.5) is 5.69 Å². The lowest BCUT2D eigenvalue weighted by molar-refractivity contribution is -0.123. The van der Waals surface area contributed by atoms with Crippen molar-refractivity contribution >= 4 is 28.9 Å². The zero-order valence-electron chi connectivity index (χ0n) is 13.4. The first-order valence-electron chi connectivity index (χ1n) is 7.01. The molecular formula is C16H18N2O4S. The largest absolute Gasteiger partial charge is 0.495 e. The molecule has 0 saturated heterocycles. The molecule has 1 heterocycles. The normalized spacial score (nSPS) is 11.7. The van der Waals surface area contributed by atoms with Crippen LogP contribution in [0.25, 0.3) is 0 Å². The van der Waals surface area contributed by atoms with Crippen LogP contribution in [0.2, 0.25) is 0 Å². The molecular weight excluding hydrogens is 316 g/mol. The summed E-state index contributed by atoms with van der Waals surface area (Å²) >= 11 is 1.25. The first-order chi connectivity index (χ1) is 10.9. The summed E-state index contributed by atoms with van der Waals surface area (Å²) in [6.07, 6.45) is -0.936. The number of esters is 1. The Bertz CT molecular complexity index is 727. The van der Waals surface area contributed by atoms with Crippen LogP contribution in [-0.4, -0.2) is 30.1 Å². The van der Waals surface area contributed by atoms with Crippen LogP contribution in [0, 0.1) is 13.8 Å². The quantitative estimate of drug-likeness (QED) is 0.851. The molecule has 0 unspecified atom stereocenters. The van der Waals surface area contributed by atoms with Crippen molar-refractivity contribution in [2.24, 2.45) is 0 Å². The average molecular weight is 334 g/mol. The van der Waals surface area contributed by atoms with Crippen molar-refractivity contribution in [1.82, 2.24) is 4.98 Å². The molecule has 0 fully saturated rings. The van der Waals surface area contributed by atoms with Gasteiger partial charge in [-0.25, -0.2) is 9.78 Å². The molecule has 2 aromatic rings. The number of nitrogens with zero attached hydrogens (tertiary/aromatic N) is 1. The third kappa shape index (κ3) is 4.07. The van der Waals surface area contributed by atoms with Gasteiger partial charge in [-0.2, -0.15) is 0 Å². The van der Waals surface area contributed by atoms with E-state index in [-0.39, 0.29) is 0 Å². The number of nitrogens with one attached hydrogen (secondary N) is 1. The zero-order valence-corrected chi connectivity index (χ0v) is 14.2. The van der Waals surface area contributed by atoms with Gasteiger partial charge in [0.25, 0.3) is 5.91 Å².